The van der Waals surface area contributed by atoms with Crippen molar-refractivity contribution in [1.29, 1.82) is 0 Å². The van der Waals surface area contributed by atoms with Crippen molar-refractivity contribution >= 4 is 5.91 Å². The summed E-state index contributed by atoms with van der Waals surface area (Å²) in [7, 11) is 0. The average molecular weight is 529 g/mol. The number of primary amides is 1. The molecule has 39 heavy (non-hydrogen) atoms. The highest BCUT2D eigenvalue weighted by atomic mass is 16.5. The summed E-state index contributed by atoms with van der Waals surface area (Å²) >= 11 is 0. The van der Waals surface area contributed by atoms with Crippen LogP contribution in [0.5, 0.6) is 17.2 Å². The number of nitrogens with zero attached hydrogens (tertiary/aromatic N) is 1. The van der Waals surface area contributed by atoms with Crippen molar-refractivity contribution < 1.29 is 19.4 Å². The van der Waals surface area contributed by atoms with Gasteiger partial charge in [0.05, 0.1) is 6.20 Å². The molecule has 204 valence electrons. The molecule has 0 aliphatic carbocycles. The van der Waals surface area contributed by atoms with E-state index in [-0.39, 0.29) is 12.1 Å². The number of aromatic amines is 1. The third kappa shape index (κ3) is 8.70. The second-order valence-corrected chi connectivity index (χ2v) is 10.2. The number of H-pyrrole nitrogens is 1. The zero-order valence-electron chi connectivity index (χ0n) is 22.4. The number of aliphatic hydroxyl groups excluding tert-OH is 1. The Morgan fingerprint density at radius 1 is 1.00 bits per heavy atom. The first-order valence-electron chi connectivity index (χ1n) is 13.1. The highest BCUT2D eigenvalue weighted by Crippen LogP contribution is 2.23. The van der Waals surface area contributed by atoms with E-state index >= 15 is 0 Å². The normalized spacial score (nSPS) is 12.2. The summed E-state index contributed by atoms with van der Waals surface area (Å²) < 4.78 is 11.7. The van der Waals surface area contributed by atoms with Gasteiger partial charge in [0.2, 0.25) is 5.91 Å². The van der Waals surface area contributed by atoms with E-state index in [1.54, 1.807) is 30.5 Å². The minimum absolute atomic E-state index is 0.174. The van der Waals surface area contributed by atoms with E-state index in [1.807, 2.05) is 42.5 Å². The van der Waals surface area contributed by atoms with Crippen LogP contribution in [-0.2, 0) is 12.8 Å². The Bertz CT molecular complexity index is 1320. The van der Waals surface area contributed by atoms with Crippen molar-refractivity contribution in [2.45, 2.75) is 44.8 Å². The fourth-order valence-electron chi connectivity index (χ4n) is 4.08. The second kappa shape index (κ2) is 13.1. The molecule has 0 saturated carbocycles. The number of nitrogens with two attached hydrogens (primary N) is 1. The van der Waals surface area contributed by atoms with Gasteiger partial charge in [0.25, 0.3) is 0 Å². The average Bonchev–Trinajstić information content (AvgIpc) is 3.38. The third-order valence-electron chi connectivity index (χ3n) is 6.48. The van der Waals surface area contributed by atoms with Crippen molar-refractivity contribution in [2.75, 3.05) is 13.2 Å². The van der Waals surface area contributed by atoms with Gasteiger partial charge in [0.1, 0.15) is 29.9 Å². The predicted octanol–water partition coefficient (Wildman–Crippen LogP) is 4.63. The van der Waals surface area contributed by atoms with Crippen LogP contribution in [0.3, 0.4) is 0 Å². The number of rotatable bonds is 14. The molecule has 3 aromatic carbocycles. The van der Waals surface area contributed by atoms with Gasteiger partial charge >= 0.3 is 0 Å². The van der Waals surface area contributed by atoms with Crippen LogP contribution in [0.4, 0.5) is 0 Å². The lowest BCUT2D eigenvalue weighted by molar-refractivity contribution is 0.0977. The van der Waals surface area contributed by atoms with Crippen LogP contribution in [0, 0.1) is 0 Å². The van der Waals surface area contributed by atoms with Gasteiger partial charge in [-0.05, 0) is 74.2 Å². The molecule has 1 aromatic heterocycles. The third-order valence-corrected chi connectivity index (χ3v) is 6.48. The number of hydrogen-bond acceptors (Lipinski definition) is 6. The molecule has 8 heteroatoms. The van der Waals surface area contributed by atoms with Crippen LogP contribution < -0.4 is 20.5 Å². The van der Waals surface area contributed by atoms with Gasteiger partial charge in [-0.25, -0.2) is 0 Å². The Morgan fingerprint density at radius 3 is 2.33 bits per heavy atom. The van der Waals surface area contributed by atoms with Gasteiger partial charge < -0.3 is 25.6 Å². The highest BCUT2D eigenvalue weighted by molar-refractivity contribution is 5.92. The Balaban J connectivity index is 1.18. The van der Waals surface area contributed by atoms with Gasteiger partial charge in [0, 0.05) is 24.1 Å². The van der Waals surface area contributed by atoms with Crippen LogP contribution >= 0.6 is 0 Å². The molecule has 4 aromatic rings. The number of aromatic nitrogens is 2. The van der Waals surface area contributed by atoms with Crippen LogP contribution in [0.1, 0.15) is 47.4 Å². The molecule has 0 saturated heterocycles. The second-order valence-electron chi connectivity index (χ2n) is 10.2. The first-order valence-corrected chi connectivity index (χ1v) is 13.1. The van der Waals surface area contributed by atoms with Gasteiger partial charge in [-0.15, -0.1) is 0 Å². The van der Waals surface area contributed by atoms with Crippen LogP contribution in [0.15, 0.2) is 85.1 Å². The lowest BCUT2D eigenvalue weighted by Crippen LogP contribution is -2.45. The zero-order chi connectivity index (χ0) is 27.7. The monoisotopic (exact) mass is 528 g/mol. The maximum absolute atomic E-state index is 11.2. The minimum atomic E-state index is -0.655. The first-order chi connectivity index (χ1) is 18.8. The molecule has 1 heterocycles. The van der Waals surface area contributed by atoms with Crippen LogP contribution in [0.2, 0.25) is 0 Å². The fourth-order valence-corrected chi connectivity index (χ4v) is 4.08. The maximum Gasteiger partial charge on any atom is 0.248 e. The maximum atomic E-state index is 11.2. The van der Waals surface area contributed by atoms with E-state index in [1.165, 1.54) is 5.56 Å². The molecule has 0 bridgehead atoms. The molecule has 1 atom stereocenters. The Kier molecular flexibility index (Phi) is 9.35. The lowest BCUT2D eigenvalue weighted by Gasteiger charge is -2.28. The van der Waals surface area contributed by atoms with E-state index in [2.05, 4.69) is 41.5 Å². The number of β-amino-alcohol motifs (C(OH)–C–C–N with tert-alkyl or cyclic N) is 1. The van der Waals surface area contributed by atoms with E-state index < -0.39 is 12.0 Å². The van der Waals surface area contributed by atoms with Gasteiger partial charge in [-0.3, -0.25) is 9.89 Å². The summed E-state index contributed by atoms with van der Waals surface area (Å²) in [5.41, 5.74) is 8.71. The van der Waals surface area contributed by atoms with Crippen LogP contribution in [-0.4, -0.2) is 46.0 Å². The molecule has 0 aliphatic heterocycles. The predicted molar refractivity (Wildman–Crippen MR) is 151 cm³/mol. The number of aryl methyl sites for hydroxylation is 1. The van der Waals surface area contributed by atoms with Crippen molar-refractivity contribution in [3.8, 4) is 17.2 Å². The summed E-state index contributed by atoms with van der Waals surface area (Å²) in [5.74, 6) is 1.55. The topological polar surface area (TPSA) is 122 Å². The summed E-state index contributed by atoms with van der Waals surface area (Å²) in [6.07, 6.45) is 3.49. The molecule has 5 N–H and O–H groups in total. The lowest BCUT2D eigenvalue weighted by atomic mass is 9.95. The van der Waals surface area contributed by atoms with Crippen molar-refractivity contribution in [1.82, 2.24) is 15.5 Å². The summed E-state index contributed by atoms with van der Waals surface area (Å²) in [6.45, 7) is 4.85. The standard InChI is InChI=1S/C31H36N4O4/c1-31(2,17-16-22-8-12-26(13-9-22)39-27-14-10-24(11-15-27)30(32)37)33-19-25(36)21-38-29-20-34-35-28(29)18-23-6-4-3-5-7-23/h3-15,20,25,33,36H,16-19,21H2,1-2H3,(H2,32,37)(H,34,35)/t25-/m0/s1. The molecule has 4 rings (SSSR count). The SMILES string of the molecule is CC(C)(CCc1ccc(Oc2ccc(C(N)=O)cc2)cc1)NC[C@H](O)COc1c[nH]nc1Cc1ccccc1. The van der Waals surface area contributed by atoms with E-state index in [4.69, 9.17) is 15.2 Å². The van der Waals surface area contributed by atoms with E-state index in [9.17, 15) is 9.90 Å². The van der Waals surface area contributed by atoms with Gasteiger partial charge in [-0.2, -0.15) is 5.10 Å². The largest absolute Gasteiger partial charge is 0.487 e. The smallest absolute Gasteiger partial charge is 0.248 e. The number of amides is 1. The highest BCUT2D eigenvalue weighted by Gasteiger charge is 2.19. The number of carbonyl (C=O) groups excluding carboxylic acids is 1. The molecular formula is C31H36N4O4. The van der Waals surface area contributed by atoms with Gasteiger partial charge in [0.15, 0.2) is 5.75 Å². The summed E-state index contributed by atoms with van der Waals surface area (Å²) in [6, 6.07) is 24.8. The Hall–Kier alpha value is -4.14. The van der Waals surface area contributed by atoms with Crippen molar-refractivity contribution in [3.63, 3.8) is 0 Å². The summed E-state index contributed by atoms with van der Waals surface area (Å²) in [4.78, 5) is 11.2. The molecule has 0 spiro atoms. The molecule has 1 amide bonds. The number of hydrogen-bond donors (Lipinski definition) is 4. The molecule has 0 aliphatic rings. The number of nitrogens with one attached hydrogen (secondary N) is 2. The van der Waals surface area contributed by atoms with Crippen molar-refractivity contribution in [2.24, 2.45) is 5.73 Å². The Labute approximate surface area is 229 Å². The molecule has 8 nitrogen and oxygen atoms in total. The first kappa shape index (κ1) is 27.9. The molecular weight excluding hydrogens is 492 g/mol. The number of ether oxygens (including phenoxy) is 2. The molecule has 0 fully saturated rings. The van der Waals surface area contributed by atoms with Gasteiger partial charge in [-0.1, -0.05) is 42.5 Å². The fraction of sp³-hybridized carbons (Fsp3) is 0.290. The quantitative estimate of drug-likeness (QED) is 0.189. The van der Waals surface area contributed by atoms with E-state index in [0.717, 1.165) is 29.8 Å². The molecule has 0 radical (unpaired) electrons. The number of benzene rings is 3. The Morgan fingerprint density at radius 2 is 1.67 bits per heavy atom. The minimum Gasteiger partial charge on any atom is -0.487 e. The molecule has 0 unspecified atom stereocenters. The van der Waals surface area contributed by atoms with Crippen molar-refractivity contribution in [3.05, 3.63) is 107 Å². The summed E-state index contributed by atoms with van der Waals surface area (Å²) in [5, 5.41) is 21.1. The zero-order valence-corrected chi connectivity index (χ0v) is 22.4. The number of aliphatic hydroxyl groups is 1. The number of carbonyl (C=O) groups is 1. The van der Waals surface area contributed by atoms with Crippen LogP contribution in [0.25, 0.3) is 0 Å². The van der Waals surface area contributed by atoms with E-state index in [0.29, 0.717) is 30.0 Å².